The van der Waals surface area contributed by atoms with Gasteiger partial charge in [0.2, 0.25) is 15.9 Å². The Balaban J connectivity index is 1.71. The maximum absolute atomic E-state index is 12.0. The summed E-state index contributed by atoms with van der Waals surface area (Å²) >= 11 is 0. The normalized spacial score (nSPS) is 21.0. The van der Waals surface area contributed by atoms with Crippen LogP contribution in [0.2, 0.25) is 0 Å². The first-order valence-corrected chi connectivity index (χ1v) is 9.05. The molecule has 2 N–H and O–H groups in total. The Labute approximate surface area is 126 Å². The first kappa shape index (κ1) is 16.0. The van der Waals surface area contributed by atoms with Crippen molar-refractivity contribution >= 4 is 15.9 Å². The highest BCUT2D eigenvalue weighted by atomic mass is 32.2. The van der Waals surface area contributed by atoms with Crippen molar-refractivity contribution in [3.05, 3.63) is 35.4 Å². The SMILES string of the molecule is Cc1ccccc1[C@H]1C[C@@H]1C(=O)NCCCNS(C)(=O)=O. The lowest BCUT2D eigenvalue weighted by atomic mass is 10.0. The van der Waals surface area contributed by atoms with Crippen LogP contribution in [-0.2, 0) is 14.8 Å². The van der Waals surface area contributed by atoms with Crippen LogP contribution in [0.4, 0.5) is 0 Å². The van der Waals surface area contributed by atoms with Crippen molar-refractivity contribution in [1.82, 2.24) is 10.0 Å². The second-order valence-electron chi connectivity index (χ2n) is 5.62. The molecule has 0 spiro atoms. The van der Waals surface area contributed by atoms with Crippen molar-refractivity contribution in [3.8, 4) is 0 Å². The quantitative estimate of drug-likeness (QED) is 0.742. The lowest BCUT2D eigenvalue weighted by molar-refractivity contribution is -0.122. The van der Waals surface area contributed by atoms with E-state index >= 15 is 0 Å². The van der Waals surface area contributed by atoms with Crippen LogP contribution >= 0.6 is 0 Å². The van der Waals surface area contributed by atoms with Crippen molar-refractivity contribution in [3.63, 3.8) is 0 Å². The van der Waals surface area contributed by atoms with Crippen molar-refractivity contribution in [2.24, 2.45) is 5.92 Å². The molecule has 6 heteroatoms. The van der Waals surface area contributed by atoms with Gasteiger partial charge in [-0.1, -0.05) is 24.3 Å². The molecule has 1 amide bonds. The van der Waals surface area contributed by atoms with Crippen LogP contribution in [0.1, 0.15) is 29.9 Å². The summed E-state index contributed by atoms with van der Waals surface area (Å²) in [6.45, 7) is 2.92. The van der Waals surface area contributed by atoms with Crippen LogP contribution in [-0.4, -0.2) is 33.7 Å². The number of rotatable bonds is 7. The van der Waals surface area contributed by atoms with Gasteiger partial charge >= 0.3 is 0 Å². The highest BCUT2D eigenvalue weighted by Gasteiger charge is 2.44. The van der Waals surface area contributed by atoms with Crippen molar-refractivity contribution in [2.45, 2.75) is 25.7 Å². The molecule has 1 fully saturated rings. The highest BCUT2D eigenvalue weighted by molar-refractivity contribution is 7.88. The molecule has 0 heterocycles. The van der Waals surface area contributed by atoms with Gasteiger partial charge < -0.3 is 5.32 Å². The van der Waals surface area contributed by atoms with Gasteiger partial charge in [-0.3, -0.25) is 4.79 Å². The van der Waals surface area contributed by atoms with E-state index in [2.05, 4.69) is 29.1 Å². The second kappa shape index (κ2) is 6.58. The zero-order valence-corrected chi connectivity index (χ0v) is 13.2. The number of benzene rings is 1. The van der Waals surface area contributed by atoms with Crippen LogP contribution in [0.3, 0.4) is 0 Å². The number of carbonyl (C=O) groups is 1. The van der Waals surface area contributed by atoms with Crippen LogP contribution in [0, 0.1) is 12.8 Å². The molecule has 0 saturated heterocycles. The molecule has 0 aromatic heterocycles. The average molecular weight is 310 g/mol. The zero-order chi connectivity index (χ0) is 15.5. The van der Waals surface area contributed by atoms with Crippen molar-refractivity contribution in [1.29, 1.82) is 0 Å². The van der Waals surface area contributed by atoms with Gasteiger partial charge in [-0.15, -0.1) is 0 Å². The minimum Gasteiger partial charge on any atom is -0.356 e. The number of hydrogen-bond acceptors (Lipinski definition) is 3. The number of sulfonamides is 1. The third-order valence-electron chi connectivity index (χ3n) is 3.73. The van der Waals surface area contributed by atoms with Crippen LogP contribution in [0.15, 0.2) is 24.3 Å². The second-order valence-corrected chi connectivity index (χ2v) is 7.45. The predicted molar refractivity (Wildman–Crippen MR) is 82.5 cm³/mol. The molecule has 1 aliphatic rings. The van der Waals surface area contributed by atoms with E-state index in [1.165, 1.54) is 11.1 Å². The summed E-state index contributed by atoms with van der Waals surface area (Å²) in [5.41, 5.74) is 2.49. The molecule has 1 saturated carbocycles. The van der Waals surface area contributed by atoms with E-state index in [0.717, 1.165) is 12.7 Å². The van der Waals surface area contributed by atoms with Crippen molar-refractivity contribution < 1.29 is 13.2 Å². The summed E-state index contributed by atoms with van der Waals surface area (Å²) in [5.74, 6) is 0.469. The Hall–Kier alpha value is -1.40. The minimum atomic E-state index is -3.14. The average Bonchev–Trinajstić information content (AvgIpc) is 3.17. The summed E-state index contributed by atoms with van der Waals surface area (Å²) in [6, 6.07) is 8.17. The molecule has 0 bridgehead atoms. The van der Waals surface area contributed by atoms with Crippen LogP contribution in [0.25, 0.3) is 0 Å². The Morgan fingerprint density at radius 1 is 1.29 bits per heavy atom. The molecule has 2 rings (SSSR count). The molecule has 0 radical (unpaired) electrons. The molecular formula is C15H22N2O3S. The molecule has 0 aliphatic heterocycles. The van der Waals surface area contributed by atoms with E-state index in [1.807, 2.05) is 12.1 Å². The van der Waals surface area contributed by atoms with E-state index < -0.39 is 10.0 Å². The van der Waals surface area contributed by atoms with E-state index in [0.29, 0.717) is 25.4 Å². The summed E-state index contributed by atoms with van der Waals surface area (Å²) in [6.07, 6.45) is 2.63. The molecule has 21 heavy (non-hydrogen) atoms. The van der Waals surface area contributed by atoms with E-state index in [4.69, 9.17) is 0 Å². The summed E-state index contributed by atoms with van der Waals surface area (Å²) < 4.78 is 24.2. The van der Waals surface area contributed by atoms with Gasteiger partial charge in [0.15, 0.2) is 0 Å². The van der Waals surface area contributed by atoms with Crippen LogP contribution < -0.4 is 10.0 Å². The molecular weight excluding hydrogens is 288 g/mol. The van der Waals surface area contributed by atoms with Gasteiger partial charge in [0.1, 0.15) is 0 Å². The van der Waals surface area contributed by atoms with Gasteiger partial charge in [-0.05, 0) is 36.8 Å². The molecule has 0 unspecified atom stereocenters. The van der Waals surface area contributed by atoms with Gasteiger partial charge in [0.25, 0.3) is 0 Å². The zero-order valence-electron chi connectivity index (χ0n) is 12.4. The molecule has 2 atom stereocenters. The summed E-state index contributed by atoms with van der Waals surface area (Å²) in [4.78, 5) is 12.0. The number of aryl methyl sites for hydroxylation is 1. The summed E-state index contributed by atoms with van der Waals surface area (Å²) in [7, 11) is -3.14. The topological polar surface area (TPSA) is 75.3 Å². The fraction of sp³-hybridized carbons (Fsp3) is 0.533. The van der Waals surface area contributed by atoms with Crippen LogP contribution in [0.5, 0.6) is 0 Å². The van der Waals surface area contributed by atoms with Gasteiger partial charge in [-0.25, -0.2) is 13.1 Å². The Morgan fingerprint density at radius 2 is 2.00 bits per heavy atom. The molecule has 1 aliphatic carbocycles. The Bertz CT molecular complexity index is 613. The van der Waals surface area contributed by atoms with E-state index in [9.17, 15) is 13.2 Å². The van der Waals surface area contributed by atoms with E-state index in [1.54, 1.807) is 0 Å². The molecule has 1 aromatic carbocycles. The first-order chi connectivity index (χ1) is 9.88. The molecule has 1 aromatic rings. The largest absolute Gasteiger partial charge is 0.356 e. The molecule has 5 nitrogen and oxygen atoms in total. The van der Waals surface area contributed by atoms with Crippen molar-refractivity contribution in [2.75, 3.05) is 19.3 Å². The fourth-order valence-corrected chi connectivity index (χ4v) is 3.04. The summed E-state index contributed by atoms with van der Waals surface area (Å²) in [5, 5.41) is 2.88. The maximum atomic E-state index is 12.0. The Kier molecular flexibility index (Phi) is 5.00. The number of hydrogen-bond donors (Lipinski definition) is 2. The lowest BCUT2D eigenvalue weighted by Crippen LogP contribution is -2.30. The number of nitrogens with one attached hydrogen (secondary N) is 2. The van der Waals surface area contributed by atoms with E-state index in [-0.39, 0.29) is 11.8 Å². The minimum absolute atomic E-state index is 0.0639. The standard InChI is InChI=1S/C15H22N2O3S/c1-11-6-3-4-7-12(11)13-10-14(13)15(18)16-8-5-9-17-21(2,19)20/h3-4,6-7,13-14,17H,5,8-10H2,1-2H3,(H,16,18)/t13-,14+/m1/s1. The number of amides is 1. The monoisotopic (exact) mass is 310 g/mol. The highest BCUT2D eigenvalue weighted by Crippen LogP contribution is 2.48. The van der Waals surface area contributed by atoms with Gasteiger partial charge in [-0.2, -0.15) is 0 Å². The lowest BCUT2D eigenvalue weighted by Gasteiger charge is -2.07. The van der Waals surface area contributed by atoms with Gasteiger partial charge in [0, 0.05) is 19.0 Å². The Morgan fingerprint density at radius 3 is 2.67 bits per heavy atom. The van der Waals surface area contributed by atoms with Gasteiger partial charge in [0.05, 0.1) is 6.26 Å². The molecule has 116 valence electrons. The maximum Gasteiger partial charge on any atom is 0.223 e. The predicted octanol–water partition coefficient (Wildman–Crippen LogP) is 1.15. The fourth-order valence-electron chi connectivity index (χ4n) is 2.52. The smallest absolute Gasteiger partial charge is 0.223 e. The first-order valence-electron chi connectivity index (χ1n) is 7.16. The third-order valence-corrected chi connectivity index (χ3v) is 4.46. The third kappa shape index (κ3) is 4.82. The number of carbonyl (C=O) groups excluding carboxylic acids is 1.